The molecule has 1 fully saturated rings. The highest BCUT2D eigenvalue weighted by Gasteiger charge is 2.53. The number of rotatable bonds is 8. The van der Waals surface area contributed by atoms with Gasteiger partial charge in [0.25, 0.3) is 0 Å². The Bertz CT molecular complexity index is 928. The van der Waals surface area contributed by atoms with E-state index < -0.39 is 12.0 Å². The summed E-state index contributed by atoms with van der Waals surface area (Å²) in [5, 5.41) is 0. The SMILES string of the molecule is C=Cc1cc(OCOC)cc2c1OC(c1ccc(OCOC)cc1)C1CC(F)(F)CC21. The summed E-state index contributed by atoms with van der Waals surface area (Å²) < 4.78 is 56.4. The summed E-state index contributed by atoms with van der Waals surface area (Å²) in [7, 11) is 3.07. The number of halogens is 2. The van der Waals surface area contributed by atoms with Gasteiger partial charge < -0.3 is 23.7 Å². The molecule has 2 aromatic rings. The third-order valence-electron chi connectivity index (χ3n) is 5.84. The molecule has 2 aliphatic rings. The maximum atomic E-state index is 14.6. The van der Waals surface area contributed by atoms with E-state index in [-0.39, 0.29) is 38.3 Å². The van der Waals surface area contributed by atoms with Crippen molar-refractivity contribution in [2.24, 2.45) is 5.92 Å². The minimum absolute atomic E-state index is 0.0700. The predicted molar refractivity (Wildman–Crippen MR) is 112 cm³/mol. The minimum atomic E-state index is -2.75. The van der Waals surface area contributed by atoms with Gasteiger partial charge in [0, 0.05) is 50.0 Å². The lowest BCUT2D eigenvalue weighted by molar-refractivity contribution is -0.00234. The first-order chi connectivity index (χ1) is 15.0. The van der Waals surface area contributed by atoms with E-state index in [1.165, 1.54) is 7.11 Å². The van der Waals surface area contributed by atoms with Crippen LogP contribution in [-0.2, 0) is 9.47 Å². The Morgan fingerprint density at radius 3 is 2.35 bits per heavy atom. The van der Waals surface area contributed by atoms with Crippen molar-refractivity contribution in [1.82, 2.24) is 0 Å². The summed E-state index contributed by atoms with van der Waals surface area (Å²) in [5.41, 5.74) is 2.28. The molecule has 4 rings (SSSR count). The van der Waals surface area contributed by atoms with Crippen LogP contribution in [0.15, 0.2) is 43.0 Å². The highest BCUT2D eigenvalue weighted by molar-refractivity contribution is 5.63. The zero-order chi connectivity index (χ0) is 22.0. The molecule has 0 radical (unpaired) electrons. The zero-order valence-electron chi connectivity index (χ0n) is 17.6. The van der Waals surface area contributed by atoms with Crippen molar-refractivity contribution < 1.29 is 32.5 Å². The van der Waals surface area contributed by atoms with Crippen molar-refractivity contribution in [2.75, 3.05) is 27.8 Å². The summed E-state index contributed by atoms with van der Waals surface area (Å²) in [6, 6.07) is 10.9. The number of hydrogen-bond acceptors (Lipinski definition) is 5. The van der Waals surface area contributed by atoms with Crippen LogP contribution in [0.5, 0.6) is 17.2 Å². The second-order valence-corrected chi connectivity index (χ2v) is 7.88. The molecular weight excluding hydrogens is 406 g/mol. The number of alkyl halides is 2. The van der Waals surface area contributed by atoms with Crippen LogP contribution in [0.25, 0.3) is 6.08 Å². The van der Waals surface area contributed by atoms with Crippen LogP contribution >= 0.6 is 0 Å². The molecule has 3 unspecified atom stereocenters. The molecule has 1 saturated carbocycles. The van der Waals surface area contributed by atoms with Gasteiger partial charge in [0.15, 0.2) is 13.6 Å². The van der Waals surface area contributed by atoms with E-state index in [9.17, 15) is 8.78 Å². The van der Waals surface area contributed by atoms with E-state index in [2.05, 4.69) is 6.58 Å². The van der Waals surface area contributed by atoms with Gasteiger partial charge in [-0.25, -0.2) is 8.78 Å². The first-order valence-corrected chi connectivity index (χ1v) is 10.1. The van der Waals surface area contributed by atoms with E-state index in [0.717, 1.165) is 11.1 Å². The molecule has 166 valence electrons. The van der Waals surface area contributed by atoms with Crippen molar-refractivity contribution in [2.45, 2.75) is 30.8 Å². The largest absolute Gasteiger partial charge is 0.484 e. The maximum absolute atomic E-state index is 14.6. The topological polar surface area (TPSA) is 46.2 Å². The molecule has 1 heterocycles. The van der Waals surface area contributed by atoms with Crippen LogP contribution < -0.4 is 14.2 Å². The summed E-state index contributed by atoms with van der Waals surface area (Å²) in [5.74, 6) is -1.68. The minimum Gasteiger partial charge on any atom is -0.484 e. The van der Waals surface area contributed by atoms with Crippen molar-refractivity contribution in [1.29, 1.82) is 0 Å². The first-order valence-electron chi connectivity index (χ1n) is 10.1. The molecule has 0 aromatic heterocycles. The number of hydrogen-bond donors (Lipinski definition) is 0. The van der Waals surface area contributed by atoms with E-state index in [1.54, 1.807) is 37.5 Å². The molecule has 0 amide bonds. The first kappa shape index (κ1) is 21.6. The van der Waals surface area contributed by atoms with Gasteiger partial charge in [0.2, 0.25) is 5.92 Å². The van der Waals surface area contributed by atoms with Gasteiger partial charge in [-0.2, -0.15) is 0 Å². The van der Waals surface area contributed by atoms with Gasteiger partial charge in [0.05, 0.1) is 0 Å². The highest BCUT2D eigenvalue weighted by atomic mass is 19.3. The van der Waals surface area contributed by atoms with Crippen molar-refractivity contribution in [3.8, 4) is 17.2 Å². The Morgan fingerprint density at radius 1 is 1.03 bits per heavy atom. The van der Waals surface area contributed by atoms with Gasteiger partial charge >= 0.3 is 0 Å². The zero-order valence-corrected chi connectivity index (χ0v) is 17.6. The molecule has 7 heteroatoms. The summed E-state index contributed by atoms with van der Waals surface area (Å²) in [6.45, 7) is 4.08. The van der Waals surface area contributed by atoms with Crippen molar-refractivity contribution >= 4 is 6.08 Å². The lowest BCUT2D eigenvalue weighted by Crippen LogP contribution is -2.27. The lowest BCUT2D eigenvalue weighted by atomic mass is 9.79. The molecule has 31 heavy (non-hydrogen) atoms. The van der Waals surface area contributed by atoms with Gasteiger partial charge in [-0.15, -0.1) is 0 Å². The van der Waals surface area contributed by atoms with Gasteiger partial charge in [-0.1, -0.05) is 24.8 Å². The van der Waals surface area contributed by atoms with Crippen LogP contribution in [0.2, 0.25) is 0 Å². The van der Waals surface area contributed by atoms with Crippen LogP contribution in [0.3, 0.4) is 0 Å². The van der Waals surface area contributed by atoms with Crippen LogP contribution in [0, 0.1) is 5.92 Å². The lowest BCUT2D eigenvalue weighted by Gasteiger charge is -2.37. The average molecular weight is 432 g/mol. The van der Waals surface area contributed by atoms with Crippen LogP contribution in [-0.4, -0.2) is 33.7 Å². The number of fused-ring (bicyclic) bond motifs is 3. The summed E-state index contributed by atoms with van der Waals surface area (Å²) >= 11 is 0. The second kappa shape index (κ2) is 8.85. The highest BCUT2D eigenvalue weighted by Crippen LogP contribution is 2.59. The fourth-order valence-corrected chi connectivity index (χ4v) is 4.53. The normalized spacial score (nSPS) is 23.4. The summed E-state index contributed by atoms with van der Waals surface area (Å²) in [4.78, 5) is 0. The van der Waals surface area contributed by atoms with E-state index >= 15 is 0 Å². The number of benzene rings is 2. The van der Waals surface area contributed by atoms with Crippen molar-refractivity contribution in [3.05, 3.63) is 59.7 Å². The quantitative estimate of drug-likeness (QED) is 0.511. The second-order valence-electron chi connectivity index (χ2n) is 7.88. The van der Waals surface area contributed by atoms with E-state index in [4.69, 9.17) is 23.7 Å². The van der Waals surface area contributed by atoms with Gasteiger partial charge in [0.1, 0.15) is 23.4 Å². The third-order valence-corrected chi connectivity index (χ3v) is 5.84. The standard InChI is InChI=1S/C24H26F2O5/c1-4-15-9-18(30-14-28-3)10-19-20-11-24(25,26)12-21(20)23(31-22(15)19)16-5-7-17(8-6-16)29-13-27-2/h4-10,20-21,23H,1,11-14H2,2-3H3. The Hall–Kier alpha value is -2.64. The molecule has 1 aliphatic carbocycles. The monoisotopic (exact) mass is 432 g/mol. The Kier molecular flexibility index (Phi) is 6.16. The van der Waals surface area contributed by atoms with Crippen LogP contribution in [0.1, 0.15) is 41.6 Å². The Morgan fingerprint density at radius 2 is 1.71 bits per heavy atom. The molecule has 5 nitrogen and oxygen atoms in total. The van der Waals surface area contributed by atoms with E-state index in [1.807, 2.05) is 12.1 Å². The third kappa shape index (κ3) is 4.38. The maximum Gasteiger partial charge on any atom is 0.249 e. The molecule has 1 aliphatic heterocycles. The molecular formula is C24H26F2O5. The molecule has 0 saturated heterocycles. The summed E-state index contributed by atoms with van der Waals surface area (Å²) in [6.07, 6.45) is 0.719. The van der Waals surface area contributed by atoms with Gasteiger partial charge in [-0.05, 0) is 29.8 Å². The number of methoxy groups -OCH3 is 2. The molecule has 2 aromatic carbocycles. The van der Waals surface area contributed by atoms with E-state index in [0.29, 0.717) is 22.8 Å². The Balaban J connectivity index is 1.72. The number of ether oxygens (including phenoxy) is 5. The fraction of sp³-hybridized carbons (Fsp3) is 0.417. The van der Waals surface area contributed by atoms with Crippen LogP contribution in [0.4, 0.5) is 8.78 Å². The predicted octanol–water partition coefficient (Wildman–Crippen LogP) is 5.56. The van der Waals surface area contributed by atoms with Crippen molar-refractivity contribution in [3.63, 3.8) is 0 Å². The van der Waals surface area contributed by atoms with Gasteiger partial charge in [-0.3, -0.25) is 0 Å². The smallest absolute Gasteiger partial charge is 0.249 e. The Labute approximate surface area is 180 Å². The average Bonchev–Trinajstić information content (AvgIpc) is 3.10. The molecule has 0 bridgehead atoms. The molecule has 0 spiro atoms. The fourth-order valence-electron chi connectivity index (χ4n) is 4.53. The molecule has 3 atom stereocenters. The molecule has 0 N–H and O–H groups in total.